The van der Waals surface area contributed by atoms with Gasteiger partial charge in [-0.2, -0.15) is 0 Å². The molecule has 0 aliphatic rings. The second kappa shape index (κ2) is 9.29. The standard InChI is InChI=1S/C22H20O5/c1-24-20-9-5-6-10-21(20)27-22(23)17-11-13-19(14-12-17)26-16-15-25-18-7-3-2-4-8-18/h2-14H,15-16H2,1H3. The van der Waals surface area contributed by atoms with Crippen LogP contribution in [0, 0.1) is 0 Å². The predicted molar refractivity (Wildman–Crippen MR) is 102 cm³/mol. The molecular formula is C22H20O5. The first kappa shape index (κ1) is 18.3. The minimum absolute atomic E-state index is 0.378. The Hall–Kier alpha value is -3.47. The summed E-state index contributed by atoms with van der Waals surface area (Å²) in [6.45, 7) is 0.835. The molecule has 0 saturated carbocycles. The number of benzene rings is 3. The molecule has 27 heavy (non-hydrogen) atoms. The van der Waals surface area contributed by atoms with Gasteiger partial charge in [0.1, 0.15) is 24.7 Å². The van der Waals surface area contributed by atoms with Crippen LogP contribution in [0.15, 0.2) is 78.9 Å². The Kier molecular flexibility index (Phi) is 6.30. The summed E-state index contributed by atoms with van der Waals surface area (Å²) >= 11 is 0. The number of carbonyl (C=O) groups excluding carboxylic acids is 1. The van der Waals surface area contributed by atoms with Crippen molar-refractivity contribution < 1.29 is 23.7 Å². The van der Waals surface area contributed by atoms with Crippen LogP contribution in [0.3, 0.4) is 0 Å². The van der Waals surface area contributed by atoms with E-state index in [4.69, 9.17) is 18.9 Å². The lowest BCUT2D eigenvalue weighted by Gasteiger charge is -2.10. The molecule has 0 amide bonds. The van der Waals surface area contributed by atoms with Crippen LogP contribution in [0.25, 0.3) is 0 Å². The molecule has 0 N–H and O–H groups in total. The van der Waals surface area contributed by atoms with Crippen LogP contribution < -0.4 is 18.9 Å². The van der Waals surface area contributed by atoms with Gasteiger partial charge in [-0.15, -0.1) is 0 Å². The first-order valence-electron chi connectivity index (χ1n) is 8.52. The Labute approximate surface area is 158 Å². The van der Waals surface area contributed by atoms with Gasteiger partial charge in [-0.05, 0) is 48.5 Å². The lowest BCUT2D eigenvalue weighted by molar-refractivity contribution is 0.0729. The van der Waals surface area contributed by atoms with E-state index in [1.54, 1.807) is 42.5 Å². The molecule has 3 rings (SSSR count). The maximum atomic E-state index is 12.3. The van der Waals surface area contributed by atoms with E-state index in [9.17, 15) is 4.79 Å². The van der Waals surface area contributed by atoms with Gasteiger partial charge in [0.15, 0.2) is 11.5 Å². The van der Waals surface area contributed by atoms with E-state index in [2.05, 4.69) is 0 Å². The molecule has 3 aromatic carbocycles. The highest BCUT2D eigenvalue weighted by Gasteiger charge is 2.12. The number of methoxy groups -OCH3 is 1. The monoisotopic (exact) mass is 364 g/mol. The van der Waals surface area contributed by atoms with Crippen molar-refractivity contribution >= 4 is 5.97 Å². The second-order valence-electron chi connectivity index (χ2n) is 5.57. The lowest BCUT2D eigenvalue weighted by Crippen LogP contribution is -2.10. The quantitative estimate of drug-likeness (QED) is 0.337. The normalized spacial score (nSPS) is 10.1. The van der Waals surface area contributed by atoms with Crippen LogP contribution in [0.5, 0.6) is 23.0 Å². The third-order valence-electron chi connectivity index (χ3n) is 3.73. The third kappa shape index (κ3) is 5.25. The number of ether oxygens (including phenoxy) is 4. The lowest BCUT2D eigenvalue weighted by atomic mass is 10.2. The Morgan fingerprint density at radius 2 is 1.26 bits per heavy atom. The van der Waals surface area contributed by atoms with E-state index in [0.717, 1.165) is 5.75 Å². The second-order valence-corrected chi connectivity index (χ2v) is 5.57. The van der Waals surface area contributed by atoms with Crippen molar-refractivity contribution in [2.75, 3.05) is 20.3 Å². The topological polar surface area (TPSA) is 54.0 Å². The van der Waals surface area contributed by atoms with Gasteiger partial charge in [-0.3, -0.25) is 0 Å². The molecule has 0 aromatic heterocycles. The Bertz CT molecular complexity index is 859. The van der Waals surface area contributed by atoms with Gasteiger partial charge in [0.2, 0.25) is 0 Å². The number of hydrogen-bond donors (Lipinski definition) is 0. The maximum absolute atomic E-state index is 12.3. The van der Waals surface area contributed by atoms with Crippen LogP contribution in [-0.4, -0.2) is 26.3 Å². The fourth-order valence-corrected chi connectivity index (χ4v) is 2.38. The van der Waals surface area contributed by atoms with Gasteiger partial charge in [0.05, 0.1) is 12.7 Å². The molecule has 0 spiro atoms. The van der Waals surface area contributed by atoms with Crippen molar-refractivity contribution in [2.45, 2.75) is 0 Å². The Morgan fingerprint density at radius 1 is 0.704 bits per heavy atom. The fraction of sp³-hybridized carbons (Fsp3) is 0.136. The molecule has 0 aliphatic carbocycles. The van der Waals surface area contributed by atoms with Gasteiger partial charge in [-0.25, -0.2) is 4.79 Å². The Morgan fingerprint density at radius 3 is 1.89 bits per heavy atom. The molecule has 5 heteroatoms. The van der Waals surface area contributed by atoms with E-state index < -0.39 is 5.97 Å². The smallest absolute Gasteiger partial charge is 0.343 e. The van der Waals surface area contributed by atoms with Gasteiger partial charge >= 0.3 is 5.97 Å². The average molecular weight is 364 g/mol. The number of carbonyl (C=O) groups is 1. The predicted octanol–water partition coefficient (Wildman–Crippen LogP) is 4.37. The minimum Gasteiger partial charge on any atom is -0.493 e. The van der Waals surface area contributed by atoms with Crippen LogP contribution in [0.4, 0.5) is 0 Å². The molecule has 0 fully saturated rings. The largest absolute Gasteiger partial charge is 0.493 e. The van der Waals surface area contributed by atoms with Crippen LogP contribution in [0.1, 0.15) is 10.4 Å². The van der Waals surface area contributed by atoms with E-state index in [-0.39, 0.29) is 0 Å². The highest BCUT2D eigenvalue weighted by molar-refractivity contribution is 5.91. The van der Waals surface area contributed by atoms with Gasteiger partial charge in [0, 0.05) is 0 Å². The maximum Gasteiger partial charge on any atom is 0.343 e. The zero-order valence-electron chi connectivity index (χ0n) is 15.0. The van der Waals surface area contributed by atoms with Gasteiger partial charge in [0.25, 0.3) is 0 Å². The molecule has 0 radical (unpaired) electrons. The number of esters is 1. The van der Waals surface area contributed by atoms with Crippen LogP contribution >= 0.6 is 0 Å². The summed E-state index contributed by atoms with van der Waals surface area (Å²) in [5, 5.41) is 0. The average Bonchev–Trinajstić information content (AvgIpc) is 2.73. The number of para-hydroxylation sites is 3. The van der Waals surface area contributed by atoms with Crippen molar-refractivity contribution in [2.24, 2.45) is 0 Å². The third-order valence-corrected chi connectivity index (χ3v) is 3.73. The van der Waals surface area contributed by atoms with Crippen molar-refractivity contribution in [3.8, 4) is 23.0 Å². The van der Waals surface area contributed by atoms with Gasteiger partial charge < -0.3 is 18.9 Å². The summed E-state index contributed by atoms with van der Waals surface area (Å²) in [6, 6.07) is 23.3. The van der Waals surface area contributed by atoms with E-state index in [1.165, 1.54) is 7.11 Å². The summed E-state index contributed by atoms with van der Waals surface area (Å²) < 4.78 is 21.8. The van der Waals surface area contributed by atoms with Gasteiger partial charge in [-0.1, -0.05) is 30.3 Å². The Balaban J connectivity index is 1.50. The molecule has 0 bridgehead atoms. The van der Waals surface area contributed by atoms with E-state index in [0.29, 0.717) is 36.0 Å². The molecule has 0 saturated heterocycles. The number of hydrogen-bond acceptors (Lipinski definition) is 5. The summed E-state index contributed by atoms with van der Waals surface area (Å²) in [7, 11) is 1.53. The van der Waals surface area contributed by atoms with E-state index >= 15 is 0 Å². The first-order valence-corrected chi connectivity index (χ1v) is 8.52. The van der Waals surface area contributed by atoms with Crippen molar-refractivity contribution in [3.05, 3.63) is 84.4 Å². The molecule has 0 heterocycles. The molecule has 5 nitrogen and oxygen atoms in total. The summed E-state index contributed by atoms with van der Waals surface area (Å²) in [5.41, 5.74) is 0.425. The van der Waals surface area contributed by atoms with E-state index in [1.807, 2.05) is 36.4 Å². The molecule has 0 atom stereocenters. The van der Waals surface area contributed by atoms with Crippen LogP contribution in [-0.2, 0) is 0 Å². The molecule has 138 valence electrons. The highest BCUT2D eigenvalue weighted by Crippen LogP contribution is 2.26. The SMILES string of the molecule is COc1ccccc1OC(=O)c1ccc(OCCOc2ccccc2)cc1. The number of rotatable bonds is 8. The summed E-state index contributed by atoms with van der Waals surface area (Å²) in [6.07, 6.45) is 0. The van der Waals surface area contributed by atoms with Crippen molar-refractivity contribution in [3.63, 3.8) is 0 Å². The summed E-state index contributed by atoms with van der Waals surface area (Å²) in [5.74, 6) is 1.88. The molecular weight excluding hydrogens is 344 g/mol. The fourth-order valence-electron chi connectivity index (χ4n) is 2.38. The van der Waals surface area contributed by atoms with Crippen molar-refractivity contribution in [1.29, 1.82) is 0 Å². The minimum atomic E-state index is -0.460. The zero-order valence-corrected chi connectivity index (χ0v) is 15.0. The molecule has 3 aromatic rings. The highest BCUT2D eigenvalue weighted by atomic mass is 16.6. The van der Waals surface area contributed by atoms with Crippen molar-refractivity contribution in [1.82, 2.24) is 0 Å². The molecule has 0 unspecified atom stereocenters. The first-order chi connectivity index (χ1) is 13.3. The van der Waals surface area contributed by atoms with Crippen LogP contribution in [0.2, 0.25) is 0 Å². The molecule has 0 aliphatic heterocycles. The summed E-state index contributed by atoms with van der Waals surface area (Å²) in [4.78, 5) is 12.3. The zero-order chi connectivity index (χ0) is 18.9.